The van der Waals surface area contributed by atoms with Gasteiger partial charge in [-0.3, -0.25) is 14.9 Å². The number of benzene rings is 3. The SMILES string of the molecule is O=C(O)C(Cc1ccccc1)NP(=O)(Oc1ccccc1)Oc1ccc([N+](=O)[O-])cc1. The van der Waals surface area contributed by atoms with Crippen LogP contribution in [0.3, 0.4) is 0 Å². The minimum absolute atomic E-state index is 0.0150. The number of hydrogen-bond acceptors (Lipinski definition) is 6. The maximum absolute atomic E-state index is 13.5. The van der Waals surface area contributed by atoms with Gasteiger partial charge in [0.25, 0.3) is 5.69 Å². The van der Waals surface area contributed by atoms with Gasteiger partial charge >= 0.3 is 13.7 Å². The molecule has 2 atom stereocenters. The van der Waals surface area contributed by atoms with Crippen molar-refractivity contribution >= 4 is 19.4 Å². The molecule has 0 saturated carbocycles. The molecule has 31 heavy (non-hydrogen) atoms. The van der Waals surface area contributed by atoms with Crippen LogP contribution in [0.25, 0.3) is 0 Å². The largest absolute Gasteiger partial charge is 0.513 e. The molecule has 2 unspecified atom stereocenters. The van der Waals surface area contributed by atoms with Crippen LogP contribution in [0.4, 0.5) is 5.69 Å². The van der Waals surface area contributed by atoms with E-state index in [1.54, 1.807) is 60.7 Å². The van der Waals surface area contributed by atoms with Gasteiger partial charge in [0.1, 0.15) is 17.5 Å². The van der Waals surface area contributed by atoms with Gasteiger partial charge in [0.15, 0.2) is 0 Å². The van der Waals surface area contributed by atoms with E-state index in [9.17, 15) is 24.6 Å². The molecule has 3 aromatic rings. The van der Waals surface area contributed by atoms with Crippen molar-refractivity contribution in [3.63, 3.8) is 0 Å². The van der Waals surface area contributed by atoms with Crippen molar-refractivity contribution < 1.29 is 28.4 Å². The average molecular weight is 442 g/mol. The van der Waals surface area contributed by atoms with Gasteiger partial charge in [0.05, 0.1) is 4.92 Å². The van der Waals surface area contributed by atoms with Gasteiger partial charge < -0.3 is 14.2 Å². The first-order valence-corrected chi connectivity index (χ1v) is 10.7. The zero-order valence-corrected chi connectivity index (χ0v) is 17.1. The fraction of sp³-hybridized carbons (Fsp3) is 0.0952. The Morgan fingerprint density at radius 2 is 1.45 bits per heavy atom. The molecule has 0 fully saturated rings. The first-order chi connectivity index (χ1) is 14.8. The Labute approximate surface area is 178 Å². The van der Waals surface area contributed by atoms with Crippen molar-refractivity contribution in [1.82, 2.24) is 5.09 Å². The van der Waals surface area contributed by atoms with Gasteiger partial charge in [0, 0.05) is 12.1 Å². The minimum Gasteiger partial charge on any atom is -0.480 e. The van der Waals surface area contributed by atoms with Crippen molar-refractivity contribution in [2.24, 2.45) is 0 Å². The molecule has 10 heteroatoms. The van der Waals surface area contributed by atoms with Gasteiger partial charge in [-0.15, -0.1) is 0 Å². The van der Waals surface area contributed by atoms with Gasteiger partial charge in [0.2, 0.25) is 0 Å². The number of nitrogens with zero attached hydrogens (tertiary/aromatic N) is 1. The number of hydrogen-bond donors (Lipinski definition) is 2. The molecule has 0 aliphatic rings. The predicted octanol–water partition coefficient (Wildman–Crippen LogP) is 4.45. The Kier molecular flexibility index (Phi) is 7.02. The Hall–Kier alpha value is -3.68. The van der Waals surface area contributed by atoms with Crippen molar-refractivity contribution in [2.45, 2.75) is 12.5 Å². The summed E-state index contributed by atoms with van der Waals surface area (Å²) in [5.41, 5.74) is 0.538. The summed E-state index contributed by atoms with van der Waals surface area (Å²) in [6.45, 7) is 0. The van der Waals surface area contributed by atoms with Gasteiger partial charge in [-0.25, -0.2) is 4.57 Å². The molecule has 0 heterocycles. The van der Waals surface area contributed by atoms with E-state index in [1.807, 2.05) is 0 Å². The van der Waals surface area contributed by atoms with Crippen LogP contribution in [-0.2, 0) is 15.8 Å². The van der Waals surface area contributed by atoms with E-state index >= 15 is 0 Å². The van der Waals surface area contributed by atoms with E-state index in [-0.39, 0.29) is 23.6 Å². The average Bonchev–Trinajstić information content (AvgIpc) is 2.75. The van der Waals surface area contributed by atoms with Gasteiger partial charge in [-0.05, 0) is 36.2 Å². The summed E-state index contributed by atoms with van der Waals surface area (Å²) in [5.74, 6) is -1.03. The highest BCUT2D eigenvalue weighted by atomic mass is 31.2. The second-order valence-electron chi connectivity index (χ2n) is 6.45. The van der Waals surface area contributed by atoms with Gasteiger partial charge in [-0.2, -0.15) is 5.09 Å². The number of carboxylic acids is 1. The van der Waals surface area contributed by atoms with E-state index in [2.05, 4.69) is 5.09 Å². The zero-order valence-electron chi connectivity index (χ0n) is 16.2. The predicted molar refractivity (Wildman–Crippen MR) is 113 cm³/mol. The third-order valence-corrected chi connectivity index (χ3v) is 5.67. The van der Waals surface area contributed by atoms with Crippen LogP contribution in [0.15, 0.2) is 84.9 Å². The van der Waals surface area contributed by atoms with Crippen LogP contribution in [0, 0.1) is 10.1 Å². The lowest BCUT2D eigenvalue weighted by Gasteiger charge is -2.24. The normalized spacial score (nSPS) is 13.5. The first-order valence-electron chi connectivity index (χ1n) is 9.18. The second kappa shape index (κ2) is 9.88. The molecule has 0 aromatic heterocycles. The Balaban J connectivity index is 1.87. The van der Waals surface area contributed by atoms with E-state index in [1.165, 1.54) is 24.3 Å². The van der Waals surface area contributed by atoms with E-state index in [0.717, 1.165) is 0 Å². The molecule has 0 radical (unpaired) electrons. The molecular formula is C21H19N2O7P. The molecule has 3 aromatic carbocycles. The van der Waals surface area contributed by atoms with Crippen LogP contribution < -0.4 is 14.1 Å². The third-order valence-electron chi connectivity index (χ3n) is 4.14. The summed E-state index contributed by atoms with van der Waals surface area (Å²) in [6.07, 6.45) is 0.0297. The number of rotatable bonds is 10. The van der Waals surface area contributed by atoms with Crippen LogP contribution in [0.2, 0.25) is 0 Å². The fourth-order valence-electron chi connectivity index (χ4n) is 2.69. The zero-order chi connectivity index (χ0) is 22.3. The molecule has 0 aliphatic carbocycles. The Bertz CT molecular complexity index is 1080. The van der Waals surface area contributed by atoms with E-state index in [4.69, 9.17) is 9.05 Å². The summed E-state index contributed by atoms with van der Waals surface area (Å²) in [6, 6.07) is 20.6. The summed E-state index contributed by atoms with van der Waals surface area (Å²) >= 11 is 0. The maximum Gasteiger partial charge on any atom is 0.513 e. The first kappa shape index (κ1) is 22.0. The van der Waals surface area contributed by atoms with E-state index in [0.29, 0.717) is 5.56 Å². The molecule has 0 saturated heterocycles. The lowest BCUT2D eigenvalue weighted by molar-refractivity contribution is -0.384. The minimum atomic E-state index is -4.25. The standard InChI is InChI=1S/C21H19N2O7P/c24-21(25)20(15-16-7-3-1-4-8-16)22-31(28,29-18-9-5-2-6-10-18)30-19-13-11-17(12-14-19)23(26)27/h1-14,20H,15H2,(H,22,28)(H,24,25). The van der Waals surface area contributed by atoms with Crippen LogP contribution in [0.1, 0.15) is 5.56 Å². The molecule has 160 valence electrons. The smallest absolute Gasteiger partial charge is 0.480 e. The lowest BCUT2D eigenvalue weighted by atomic mass is 10.1. The van der Waals surface area contributed by atoms with Crippen molar-refractivity contribution in [2.75, 3.05) is 0 Å². The summed E-state index contributed by atoms with van der Waals surface area (Å²) in [5, 5.41) is 23.0. The van der Waals surface area contributed by atoms with E-state index < -0.39 is 24.7 Å². The molecular weight excluding hydrogens is 423 g/mol. The number of nitro benzene ring substituents is 1. The summed E-state index contributed by atoms with van der Waals surface area (Å²) in [7, 11) is -4.25. The Morgan fingerprint density at radius 3 is 1.97 bits per heavy atom. The highest BCUT2D eigenvalue weighted by Gasteiger charge is 2.35. The number of non-ortho nitro benzene ring substituents is 1. The molecule has 9 nitrogen and oxygen atoms in total. The molecule has 0 aliphatic heterocycles. The highest BCUT2D eigenvalue weighted by Crippen LogP contribution is 2.45. The van der Waals surface area contributed by atoms with Crippen LogP contribution in [-0.4, -0.2) is 22.0 Å². The van der Waals surface area contributed by atoms with Crippen molar-refractivity contribution in [3.8, 4) is 11.5 Å². The fourth-order valence-corrected chi connectivity index (χ4v) is 4.21. The molecule has 0 spiro atoms. The van der Waals surface area contributed by atoms with Gasteiger partial charge in [-0.1, -0.05) is 48.5 Å². The maximum atomic E-state index is 13.5. The summed E-state index contributed by atoms with van der Waals surface area (Å²) < 4.78 is 24.5. The van der Waals surface area contributed by atoms with Crippen LogP contribution in [0.5, 0.6) is 11.5 Å². The molecule has 0 amide bonds. The number of aliphatic carboxylic acids is 1. The second-order valence-corrected chi connectivity index (χ2v) is 8.07. The topological polar surface area (TPSA) is 128 Å². The van der Waals surface area contributed by atoms with Crippen LogP contribution >= 0.6 is 7.75 Å². The number of nitrogens with one attached hydrogen (secondary N) is 1. The Morgan fingerprint density at radius 1 is 0.935 bits per heavy atom. The number of carboxylic acid groups (broad SMARTS) is 1. The third kappa shape index (κ3) is 6.40. The molecule has 0 bridgehead atoms. The number of carbonyl (C=O) groups is 1. The number of nitro groups is 1. The lowest BCUT2D eigenvalue weighted by Crippen LogP contribution is -2.38. The van der Waals surface area contributed by atoms with Crippen molar-refractivity contribution in [1.29, 1.82) is 0 Å². The van der Waals surface area contributed by atoms with Crippen molar-refractivity contribution in [3.05, 3.63) is 101 Å². The highest BCUT2D eigenvalue weighted by molar-refractivity contribution is 7.52. The molecule has 2 N–H and O–H groups in total. The summed E-state index contributed by atoms with van der Waals surface area (Å²) in [4.78, 5) is 22.1. The number of para-hydroxylation sites is 1. The molecule has 3 rings (SSSR count). The monoisotopic (exact) mass is 442 g/mol. The quantitative estimate of drug-likeness (QED) is 0.268.